The molecule has 0 aliphatic heterocycles. The molecule has 0 aromatic carbocycles. The van der Waals surface area contributed by atoms with Crippen LogP contribution in [0.15, 0.2) is 0 Å². The first-order valence-electron chi connectivity index (χ1n) is 3.57. The van der Waals surface area contributed by atoms with Crippen LogP contribution in [0, 0.1) is 21.4 Å². The van der Waals surface area contributed by atoms with Crippen molar-refractivity contribution < 1.29 is 4.92 Å². The Morgan fingerprint density at radius 2 is 2.31 bits per heavy atom. The van der Waals surface area contributed by atoms with Gasteiger partial charge in [0, 0.05) is 5.21 Å². The molecule has 1 aromatic rings. The molecule has 0 fully saturated rings. The summed E-state index contributed by atoms with van der Waals surface area (Å²) < 4.78 is 1.11. The van der Waals surface area contributed by atoms with Crippen molar-refractivity contribution in [2.45, 2.75) is 19.9 Å². The average Bonchev–Trinajstić information content (AvgIpc) is 2.46. The van der Waals surface area contributed by atoms with Gasteiger partial charge in [0.15, 0.2) is 0 Å². The van der Waals surface area contributed by atoms with E-state index in [1.807, 2.05) is 0 Å². The van der Waals surface area contributed by atoms with Crippen LogP contribution in [-0.4, -0.2) is 19.9 Å². The zero-order valence-electron chi connectivity index (χ0n) is 7.13. The van der Waals surface area contributed by atoms with Gasteiger partial charge in [-0.2, -0.15) is 5.26 Å². The monoisotopic (exact) mass is 181 g/mol. The Labute approximate surface area is 73.7 Å². The third-order valence-electron chi connectivity index (χ3n) is 1.44. The van der Waals surface area contributed by atoms with E-state index in [-0.39, 0.29) is 17.6 Å². The summed E-state index contributed by atoms with van der Waals surface area (Å²) in [6, 6.07) is 1.43. The fraction of sp³-hybridized carbons (Fsp3) is 0.500. The summed E-state index contributed by atoms with van der Waals surface area (Å²) in [6.45, 7) is 3.45. The Morgan fingerprint density at radius 3 is 2.69 bits per heavy atom. The van der Waals surface area contributed by atoms with Crippen LogP contribution in [0.5, 0.6) is 0 Å². The lowest BCUT2D eigenvalue weighted by Gasteiger charge is -1.99. The third kappa shape index (κ3) is 1.46. The van der Waals surface area contributed by atoms with Gasteiger partial charge in [-0.1, -0.05) is 5.10 Å². The SMILES string of the molecule is CC(C)n1nnc(C#N)c1[N+](=O)[O-]. The molecular formula is C6H7N5O2. The van der Waals surface area contributed by atoms with Crippen LogP contribution in [0.3, 0.4) is 0 Å². The molecule has 0 radical (unpaired) electrons. The highest BCUT2D eigenvalue weighted by molar-refractivity contribution is 5.36. The zero-order chi connectivity index (χ0) is 10.0. The Bertz CT molecular complexity index is 375. The van der Waals surface area contributed by atoms with Gasteiger partial charge in [-0.15, -0.1) is 4.68 Å². The maximum atomic E-state index is 10.5. The van der Waals surface area contributed by atoms with E-state index in [2.05, 4.69) is 10.3 Å². The van der Waals surface area contributed by atoms with E-state index in [1.165, 1.54) is 0 Å². The number of rotatable bonds is 2. The molecule has 0 aliphatic rings. The first-order chi connectivity index (χ1) is 6.07. The van der Waals surface area contributed by atoms with E-state index in [4.69, 9.17) is 5.26 Å². The quantitative estimate of drug-likeness (QED) is 0.492. The summed E-state index contributed by atoms with van der Waals surface area (Å²) in [6.07, 6.45) is 0. The minimum atomic E-state index is -0.654. The first-order valence-corrected chi connectivity index (χ1v) is 3.57. The molecule has 7 nitrogen and oxygen atoms in total. The van der Waals surface area contributed by atoms with Gasteiger partial charge >= 0.3 is 5.82 Å². The van der Waals surface area contributed by atoms with Crippen molar-refractivity contribution in [2.24, 2.45) is 0 Å². The maximum Gasteiger partial charge on any atom is 0.383 e. The Balaban J connectivity index is 3.32. The van der Waals surface area contributed by atoms with Crippen molar-refractivity contribution in [1.29, 1.82) is 5.26 Å². The van der Waals surface area contributed by atoms with Crippen LogP contribution >= 0.6 is 0 Å². The lowest BCUT2D eigenvalue weighted by Crippen LogP contribution is -2.07. The van der Waals surface area contributed by atoms with Crippen LogP contribution < -0.4 is 0 Å². The minimum Gasteiger partial charge on any atom is -0.358 e. The molecule has 7 heteroatoms. The van der Waals surface area contributed by atoms with Crippen molar-refractivity contribution in [2.75, 3.05) is 0 Å². The van der Waals surface area contributed by atoms with Gasteiger partial charge < -0.3 is 10.1 Å². The van der Waals surface area contributed by atoms with E-state index >= 15 is 0 Å². The predicted molar refractivity (Wildman–Crippen MR) is 41.8 cm³/mol. The topological polar surface area (TPSA) is 97.6 Å². The highest BCUT2D eigenvalue weighted by atomic mass is 16.6. The summed E-state index contributed by atoms with van der Waals surface area (Å²) in [5.41, 5.74) is -0.251. The Hall–Kier alpha value is -1.97. The summed E-state index contributed by atoms with van der Waals surface area (Å²) >= 11 is 0. The third-order valence-corrected chi connectivity index (χ3v) is 1.44. The second-order valence-corrected chi connectivity index (χ2v) is 2.67. The molecule has 0 bridgehead atoms. The second-order valence-electron chi connectivity index (χ2n) is 2.67. The van der Waals surface area contributed by atoms with Crippen LogP contribution in [0.1, 0.15) is 25.6 Å². The molecule has 68 valence electrons. The van der Waals surface area contributed by atoms with Crippen molar-refractivity contribution in [3.05, 3.63) is 15.8 Å². The van der Waals surface area contributed by atoms with E-state index in [0.29, 0.717) is 0 Å². The standard InChI is InChI=1S/C6H7N5O2/c1-4(2)10-6(11(12)13)5(3-7)8-9-10/h4H,1-2H3. The molecule has 0 unspecified atom stereocenters. The number of aromatic nitrogens is 3. The molecule has 0 saturated heterocycles. The van der Waals surface area contributed by atoms with Gasteiger partial charge in [-0.25, -0.2) is 0 Å². The first kappa shape index (κ1) is 9.12. The van der Waals surface area contributed by atoms with Gasteiger partial charge in [-0.3, -0.25) is 0 Å². The highest BCUT2D eigenvalue weighted by Crippen LogP contribution is 2.18. The highest BCUT2D eigenvalue weighted by Gasteiger charge is 2.25. The lowest BCUT2D eigenvalue weighted by atomic mass is 10.4. The van der Waals surface area contributed by atoms with Gasteiger partial charge in [0.05, 0.1) is 0 Å². The van der Waals surface area contributed by atoms with Crippen molar-refractivity contribution in [3.8, 4) is 6.07 Å². The number of hydrogen-bond acceptors (Lipinski definition) is 5. The molecule has 0 atom stereocenters. The summed E-state index contributed by atoms with van der Waals surface area (Å²) in [5, 5.41) is 25.9. The predicted octanol–water partition coefficient (Wildman–Crippen LogP) is 0.639. The zero-order valence-corrected chi connectivity index (χ0v) is 7.13. The molecule has 1 heterocycles. The van der Waals surface area contributed by atoms with E-state index in [9.17, 15) is 10.1 Å². The van der Waals surface area contributed by atoms with Crippen molar-refractivity contribution in [3.63, 3.8) is 0 Å². The Kier molecular flexibility index (Phi) is 2.23. The second kappa shape index (κ2) is 3.18. The summed E-state index contributed by atoms with van der Waals surface area (Å²) in [4.78, 5) is 9.87. The molecular weight excluding hydrogens is 174 g/mol. The van der Waals surface area contributed by atoms with Crippen molar-refractivity contribution >= 4 is 5.82 Å². The fourth-order valence-corrected chi connectivity index (χ4v) is 0.879. The molecule has 0 spiro atoms. The van der Waals surface area contributed by atoms with Crippen LogP contribution in [-0.2, 0) is 0 Å². The van der Waals surface area contributed by atoms with Crippen LogP contribution in [0.4, 0.5) is 5.82 Å². The summed E-state index contributed by atoms with van der Waals surface area (Å²) in [5.74, 6) is -0.350. The van der Waals surface area contributed by atoms with Gasteiger partial charge in [0.2, 0.25) is 0 Å². The summed E-state index contributed by atoms with van der Waals surface area (Å²) in [7, 11) is 0. The molecule has 0 N–H and O–H groups in total. The van der Waals surface area contributed by atoms with E-state index in [1.54, 1.807) is 19.9 Å². The maximum absolute atomic E-state index is 10.5. The molecule has 1 aromatic heterocycles. The number of nitro groups is 1. The minimum absolute atomic E-state index is 0.185. The average molecular weight is 181 g/mol. The smallest absolute Gasteiger partial charge is 0.358 e. The molecule has 0 amide bonds. The molecule has 13 heavy (non-hydrogen) atoms. The lowest BCUT2D eigenvalue weighted by molar-refractivity contribution is -0.393. The van der Waals surface area contributed by atoms with Crippen LogP contribution in [0.2, 0.25) is 0 Å². The largest absolute Gasteiger partial charge is 0.383 e. The molecule has 0 aliphatic carbocycles. The fourth-order valence-electron chi connectivity index (χ4n) is 0.879. The van der Waals surface area contributed by atoms with Gasteiger partial charge in [0.25, 0.3) is 5.69 Å². The van der Waals surface area contributed by atoms with Gasteiger partial charge in [-0.05, 0) is 18.8 Å². The van der Waals surface area contributed by atoms with E-state index < -0.39 is 4.92 Å². The normalized spacial score (nSPS) is 10.0. The van der Waals surface area contributed by atoms with Crippen molar-refractivity contribution in [1.82, 2.24) is 15.0 Å². The Morgan fingerprint density at radius 1 is 1.69 bits per heavy atom. The number of nitriles is 1. The number of nitrogens with zero attached hydrogens (tertiary/aromatic N) is 5. The molecule has 1 rings (SSSR count). The van der Waals surface area contributed by atoms with Crippen LogP contribution in [0.25, 0.3) is 0 Å². The van der Waals surface area contributed by atoms with E-state index in [0.717, 1.165) is 4.68 Å². The molecule has 0 saturated carbocycles. The number of hydrogen-bond donors (Lipinski definition) is 0. The van der Waals surface area contributed by atoms with Gasteiger partial charge in [0.1, 0.15) is 12.1 Å².